The molecule has 1 amide bonds. The number of fused-ring (bicyclic) bond motifs is 2. The summed E-state index contributed by atoms with van der Waals surface area (Å²) in [5.41, 5.74) is 2.43. The fourth-order valence-electron chi connectivity index (χ4n) is 3.62. The highest BCUT2D eigenvalue weighted by Gasteiger charge is 2.36. The van der Waals surface area contributed by atoms with Crippen LogP contribution in [0, 0.1) is 0 Å². The molecule has 2 aromatic rings. The summed E-state index contributed by atoms with van der Waals surface area (Å²) < 4.78 is 17.0. The zero-order valence-corrected chi connectivity index (χ0v) is 15.8. The van der Waals surface area contributed by atoms with Crippen LogP contribution >= 0.6 is 0 Å². The van der Waals surface area contributed by atoms with E-state index in [1.807, 2.05) is 41.3 Å². The number of anilines is 1. The van der Waals surface area contributed by atoms with E-state index in [2.05, 4.69) is 19.2 Å². The summed E-state index contributed by atoms with van der Waals surface area (Å²) in [6.45, 7) is 5.14. The van der Waals surface area contributed by atoms with Gasteiger partial charge in [-0.2, -0.15) is 0 Å². The lowest BCUT2D eigenvalue weighted by molar-refractivity contribution is 0.0592. The number of hydrogen-bond acceptors (Lipinski definition) is 5. The third-order valence-corrected chi connectivity index (χ3v) is 5.19. The predicted octanol–water partition coefficient (Wildman–Crippen LogP) is 3.83. The number of para-hydroxylation sites is 1. The molecule has 0 bridgehead atoms. The second-order valence-corrected chi connectivity index (χ2v) is 6.81. The van der Waals surface area contributed by atoms with E-state index in [1.54, 1.807) is 7.11 Å². The topological polar surface area (TPSA) is 60.0 Å². The molecule has 2 aromatic carbocycles. The summed E-state index contributed by atoms with van der Waals surface area (Å²) in [6.07, 6.45) is 0.542. The number of methoxy groups -OCH3 is 1. The van der Waals surface area contributed by atoms with E-state index in [0.29, 0.717) is 36.0 Å². The van der Waals surface area contributed by atoms with Gasteiger partial charge in [-0.3, -0.25) is 4.79 Å². The number of nitrogens with zero attached hydrogens (tertiary/aromatic N) is 1. The maximum atomic E-state index is 13.2. The lowest BCUT2D eigenvalue weighted by Crippen LogP contribution is -2.47. The van der Waals surface area contributed by atoms with Crippen LogP contribution in [0.5, 0.6) is 17.2 Å². The molecule has 2 aliphatic heterocycles. The monoisotopic (exact) mass is 368 g/mol. The average Bonchev–Trinajstić information content (AvgIpc) is 2.72. The minimum atomic E-state index is -0.313. The van der Waals surface area contributed by atoms with Gasteiger partial charge in [0, 0.05) is 17.3 Å². The standard InChI is InChI=1S/C21H24N2O4/c1-4-13(2)23-20(22-16-8-6-5-7-15(16)21(23)24)14-11-17(25-3)19-18(12-14)26-9-10-27-19/h5-8,11-13,20,22H,4,9-10H2,1-3H3/t13-,20-/m1/s1. The van der Waals surface area contributed by atoms with Crippen molar-refractivity contribution in [2.75, 3.05) is 25.6 Å². The van der Waals surface area contributed by atoms with Crippen molar-refractivity contribution >= 4 is 11.6 Å². The van der Waals surface area contributed by atoms with Gasteiger partial charge >= 0.3 is 0 Å². The van der Waals surface area contributed by atoms with Crippen LogP contribution in [0.4, 0.5) is 5.69 Å². The zero-order valence-electron chi connectivity index (χ0n) is 15.8. The lowest BCUT2D eigenvalue weighted by atomic mass is 10.00. The molecule has 0 aromatic heterocycles. The van der Waals surface area contributed by atoms with Crippen LogP contribution in [0.25, 0.3) is 0 Å². The minimum Gasteiger partial charge on any atom is -0.493 e. The molecule has 2 atom stereocenters. The molecular weight excluding hydrogens is 344 g/mol. The molecule has 6 heteroatoms. The number of carbonyl (C=O) groups excluding carboxylic acids is 1. The molecule has 0 aliphatic carbocycles. The summed E-state index contributed by atoms with van der Waals surface area (Å²) in [6, 6.07) is 11.5. The molecule has 27 heavy (non-hydrogen) atoms. The van der Waals surface area contributed by atoms with E-state index in [9.17, 15) is 4.79 Å². The molecule has 6 nitrogen and oxygen atoms in total. The van der Waals surface area contributed by atoms with Crippen LogP contribution in [0.1, 0.15) is 42.4 Å². The molecule has 0 fully saturated rings. The van der Waals surface area contributed by atoms with Gasteiger partial charge in [0.2, 0.25) is 5.75 Å². The van der Waals surface area contributed by atoms with Crippen molar-refractivity contribution < 1.29 is 19.0 Å². The van der Waals surface area contributed by atoms with Crippen molar-refractivity contribution in [1.29, 1.82) is 0 Å². The van der Waals surface area contributed by atoms with Gasteiger partial charge in [0.25, 0.3) is 5.91 Å². The molecule has 1 N–H and O–H groups in total. The van der Waals surface area contributed by atoms with Gasteiger partial charge in [0.1, 0.15) is 19.4 Å². The Kier molecular flexibility index (Phi) is 4.56. The Labute approximate surface area is 159 Å². The number of hydrogen-bond donors (Lipinski definition) is 1. The second-order valence-electron chi connectivity index (χ2n) is 6.81. The third kappa shape index (κ3) is 2.95. The summed E-state index contributed by atoms with van der Waals surface area (Å²) in [5.74, 6) is 1.90. The van der Waals surface area contributed by atoms with Crippen LogP contribution in [-0.2, 0) is 0 Å². The van der Waals surface area contributed by atoms with Crippen LogP contribution in [-0.4, -0.2) is 37.2 Å². The summed E-state index contributed by atoms with van der Waals surface area (Å²) >= 11 is 0. The first kappa shape index (κ1) is 17.5. The lowest BCUT2D eigenvalue weighted by Gasteiger charge is -2.41. The van der Waals surface area contributed by atoms with Gasteiger partial charge in [-0.1, -0.05) is 19.1 Å². The van der Waals surface area contributed by atoms with Crippen LogP contribution in [0.15, 0.2) is 36.4 Å². The number of ether oxygens (including phenoxy) is 3. The molecule has 0 saturated carbocycles. The highest BCUT2D eigenvalue weighted by molar-refractivity contribution is 6.01. The van der Waals surface area contributed by atoms with E-state index < -0.39 is 0 Å². The fourth-order valence-corrected chi connectivity index (χ4v) is 3.62. The quantitative estimate of drug-likeness (QED) is 0.889. The Morgan fingerprint density at radius 1 is 1.26 bits per heavy atom. The predicted molar refractivity (Wildman–Crippen MR) is 103 cm³/mol. The summed E-state index contributed by atoms with van der Waals surface area (Å²) in [4.78, 5) is 15.1. The van der Waals surface area contributed by atoms with Crippen molar-refractivity contribution in [3.63, 3.8) is 0 Å². The first-order valence-corrected chi connectivity index (χ1v) is 9.29. The van der Waals surface area contributed by atoms with Crippen molar-refractivity contribution in [3.8, 4) is 17.2 Å². The zero-order chi connectivity index (χ0) is 19.0. The average molecular weight is 368 g/mol. The van der Waals surface area contributed by atoms with Crippen molar-refractivity contribution in [1.82, 2.24) is 4.90 Å². The number of rotatable bonds is 4. The maximum absolute atomic E-state index is 13.2. The van der Waals surface area contributed by atoms with E-state index in [1.165, 1.54) is 0 Å². The molecular formula is C21H24N2O4. The number of amides is 1. The number of benzene rings is 2. The SMILES string of the molecule is CC[C@@H](C)N1C(=O)c2ccccc2N[C@H]1c1cc(OC)c2c(c1)OCCO2. The normalized spacial score (nSPS) is 19.1. The highest BCUT2D eigenvalue weighted by Crippen LogP contribution is 2.44. The molecule has 2 heterocycles. The number of carbonyl (C=O) groups is 1. The van der Waals surface area contributed by atoms with E-state index in [-0.39, 0.29) is 18.1 Å². The van der Waals surface area contributed by atoms with Gasteiger partial charge in [0.05, 0.1) is 12.7 Å². The molecule has 142 valence electrons. The number of nitrogens with one attached hydrogen (secondary N) is 1. The Morgan fingerprint density at radius 3 is 2.81 bits per heavy atom. The first-order valence-electron chi connectivity index (χ1n) is 9.29. The molecule has 2 aliphatic rings. The largest absolute Gasteiger partial charge is 0.493 e. The summed E-state index contributed by atoms with van der Waals surface area (Å²) in [7, 11) is 1.61. The highest BCUT2D eigenvalue weighted by atomic mass is 16.6. The molecule has 0 radical (unpaired) electrons. The van der Waals surface area contributed by atoms with Gasteiger partial charge in [0.15, 0.2) is 11.5 Å². The molecule has 0 saturated heterocycles. The fraction of sp³-hybridized carbons (Fsp3) is 0.381. The van der Waals surface area contributed by atoms with Crippen LogP contribution in [0.2, 0.25) is 0 Å². The third-order valence-electron chi connectivity index (χ3n) is 5.19. The van der Waals surface area contributed by atoms with Crippen LogP contribution < -0.4 is 19.5 Å². The van der Waals surface area contributed by atoms with E-state index >= 15 is 0 Å². The van der Waals surface area contributed by atoms with Crippen molar-refractivity contribution in [3.05, 3.63) is 47.5 Å². The molecule has 4 rings (SSSR count). The van der Waals surface area contributed by atoms with Crippen molar-refractivity contribution in [2.24, 2.45) is 0 Å². The smallest absolute Gasteiger partial charge is 0.258 e. The first-order chi connectivity index (χ1) is 13.1. The van der Waals surface area contributed by atoms with E-state index in [0.717, 1.165) is 17.7 Å². The summed E-state index contributed by atoms with van der Waals surface area (Å²) in [5, 5.41) is 3.52. The maximum Gasteiger partial charge on any atom is 0.258 e. The van der Waals surface area contributed by atoms with Gasteiger partial charge < -0.3 is 24.4 Å². The molecule has 0 unspecified atom stereocenters. The van der Waals surface area contributed by atoms with Gasteiger partial charge in [-0.15, -0.1) is 0 Å². The Hall–Kier alpha value is -2.89. The van der Waals surface area contributed by atoms with Crippen molar-refractivity contribution in [2.45, 2.75) is 32.5 Å². The van der Waals surface area contributed by atoms with Crippen LogP contribution in [0.3, 0.4) is 0 Å². The molecule has 0 spiro atoms. The second kappa shape index (κ2) is 7.02. The van der Waals surface area contributed by atoms with E-state index in [4.69, 9.17) is 14.2 Å². The van der Waals surface area contributed by atoms with Gasteiger partial charge in [-0.05, 0) is 37.6 Å². The Balaban J connectivity index is 1.82. The minimum absolute atomic E-state index is 0.0255. The van der Waals surface area contributed by atoms with Gasteiger partial charge in [-0.25, -0.2) is 0 Å². The Morgan fingerprint density at radius 2 is 2.04 bits per heavy atom. The Bertz CT molecular complexity index is 850.